The van der Waals surface area contributed by atoms with Gasteiger partial charge in [-0.25, -0.2) is 0 Å². The van der Waals surface area contributed by atoms with E-state index in [1.807, 2.05) is 43.1 Å². The third kappa shape index (κ3) is 7.45. The summed E-state index contributed by atoms with van der Waals surface area (Å²) in [6, 6.07) is 7.87. The van der Waals surface area contributed by atoms with E-state index in [0.29, 0.717) is 6.54 Å². The minimum atomic E-state index is 0. The Morgan fingerprint density at radius 2 is 1.89 bits per heavy atom. The summed E-state index contributed by atoms with van der Waals surface area (Å²) in [4.78, 5) is 11.8. The van der Waals surface area contributed by atoms with Crippen molar-refractivity contribution in [1.29, 1.82) is 0 Å². The van der Waals surface area contributed by atoms with E-state index in [4.69, 9.17) is 0 Å². The maximum atomic E-state index is 11.8. The molecule has 0 spiro atoms. The van der Waals surface area contributed by atoms with Crippen LogP contribution in [0.4, 0.5) is 0 Å². The second-order valence-corrected chi connectivity index (χ2v) is 5.32. The Hall–Kier alpha value is -0.710. The first-order valence-corrected chi connectivity index (χ1v) is 7.53. The minimum absolute atomic E-state index is 0. The van der Waals surface area contributed by atoms with Crippen LogP contribution in [-0.4, -0.2) is 31.8 Å². The predicted octanol–water partition coefficient (Wildman–Crippen LogP) is 2.70. The molecule has 0 aliphatic carbocycles. The highest BCUT2D eigenvalue weighted by Gasteiger charge is 2.04. The number of nitrogens with one attached hydrogen (secondary N) is 2. The van der Waals surface area contributed by atoms with Gasteiger partial charge in [0.1, 0.15) is 0 Å². The van der Waals surface area contributed by atoms with E-state index in [9.17, 15) is 4.79 Å². The van der Waals surface area contributed by atoms with E-state index in [2.05, 4.69) is 17.6 Å². The fraction of sp³-hybridized carbons (Fsp3) is 0.500. The highest BCUT2D eigenvalue weighted by atomic mass is 35.5. The quantitative estimate of drug-likeness (QED) is 0.726. The van der Waals surface area contributed by atoms with Gasteiger partial charge in [0.15, 0.2) is 0 Å². The van der Waals surface area contributed by atoms with Crippen LogP contribution in [0.2, 0.25) is 0 Å². The number of carbonyl (C=O) groups is 1. The van der Waals surface area contributed by atoms with Crippen LogP contribution in [0, 0.1) is 0 Å². The van der Waals surface area contributed by atoms with Gasteiger partial charge in [-0.05, 0) is 43.5 Å². The van der Waals surface area contributed by atoms with E-state index in [-0.39, 0.29) is 18.3 Å². The van der Waals surface area contributed by atoms with Crippen molar-refractivity contribution in [1.82, 2.24) is 10.6 Å². The fourth-order valence-corrected chi connectivity index (χ4v) is 2.17. The maximum Gasteiger partial charge on any atom is 0.251 e. The van der Waals surface area contributed by atoms with Crippen LogP contribution in [0.3, 0.4) is 0 Å². The van der Waals surface area contributed by atoms with Gasteiger partial charge in [0.25, 0.3) is 5.91 Å². The van der Waals surface area contributed by atoms with Crippen LogP contribution in [-0.2, 0) is 5.75 Å². The molecule has 0 fully saturated rings. The number of thioether (sulfide) groups is 1. The molecule has 0 saturated carbocycles. The van der Waals surface area contributed by atoms with Gasteiger partial charge in [0.05, 0.1) is 0 Å². The molecule has 5 heteroatoms. The van der Waals surface area contributed by atoms with E-state index in [1.165, 1.54) is 5.56 Å². The van der Waals surface area contributed by atoms with E-state index in [1.54, 1.807) is 0 Å². The minimum Gasteiger partial charge on any atom is -0.352 e. The van der Waals surface area contributed by atoms with Crippen LogP contribution in [0.25, 0.3) is 0 Å². The summed E-state index contributed by atoms with van der Waals surface area (Å²) >= 11 is 1.89. The van der Waals surface area contributed by atoms with E-state index < -0.39 is 0 Å². The lowest BCUT2D eigenvalue weighted by Crippen LogP contribution is -2.26. The van der Waals surface area contributed by atoms with Crippen molar-refractivity contribution >= 4 is 30.1 Å². The topological polar surface area (TPSA) is 41.1 Å². The average molecular weight is 303 g/mol. The number of hydrogen-bond acceptors (Lipinski definition) is 3. The normalized spacial score (nSPS) is 9.79. The molecule has 1 rings (SSSR count). The molecule has 3 nitrogen and oxygen atoms in total. The first-order chi connectivity index (χ1) is 8.77. The van der Waals surface area contributed by atoms with Crippen molar-refractivity contribution in [3.8, 4) is 0 Å². The molecule has 0 radical (unpaired) electrons. The SMILES string of the molecule is CCSCc1ccc(C(=O)NCCCNC)cc1.Cl. The number of carbonyl (C=O) groups excluding carboxylic acids is 1. The molecule has 19 heavy (non-hydrogen) atoms. The summed E-state index contributed by atoms with van der Waals surface area (Å²) < 4.78 is 0. The Kier molecular flexibility index (Phi) is 10.7. The number of amides is 1. The zero-order valence-corrected chi connectivity index (χ0v) is 13.2. The third-order valence-electron chi connectivity index (χ3n) is 2.58. The number of hydrogen-bond donors (Lipinski definition) is 2. The smallest absolute Gasteiger partial charge is 0.251 e. The Labute approximate surface area is 126 Å². The van der Waals surface area contributed by atoms with Crippen LogP contribution >= 0.6 is 24.2 Å². The zero-order chi connectivity index (χ0) is 13.2. The molecule has 0 unspecified atom stereocenters. The van der Waals surface area contributed by atoms with Crippen molar-refractivity contribution in [2.45, 2.75) is 19.1 Å². The summed E-state index contributed by atoms with van der Waals surface area (Å²) in [7, 11) is 1.91. The van der Waals surface area contributed by atoms with Crippen molar-refractivity contribution in [2.24, 2.45) is 0 Å². The van der Waals surface area contributed by atoms with Gasteiger partial charge in [-0.2, -0.15) is 11.8 Å². The Balaban J connectivity index is 0.00000324. The lowest BCUT2D eigenvalue weighted by molar-refractivity contribution is 0.0953. The summed E-state index contributed by atoms with van der Waals surface area (Å²) in [5.74, 6) is 2.15. The monoisotopic (exact) mass is 302 g/mol. The van der Waals surface area contributed by atoms with Gasteiger partial charge in [0.2, 0.25) is 0 Å². The van der Waals surface area contributed by atoms with Gasteiger partial charge in [-0.3, -0.25) is 4.79 Å². The third-order valence-corrected chi connectivity index (χ3v) is 3.52. The number of benzene rings is 1. The predicted molar refractivity (Wildman–Crippen MR) is 86.4 cm³/mol. The van der Waals surface area contributed by atoms with Gasteiger partial charge in [-0.1, -0.05) is 19.1 Å². The van der Waals surface area contributed by atoms with Gasteiger partial charge in [-0.15, -0.1) is 12.4 Å². The maximum absolute atomic E-state index is 11.8. The van der Waals surface area contributed by atoms with E-state index >= 15 is 0 Å². The number of halogens is 1. The molecule has 0 atom stereocenters. The Morgan fingerprint density at radius 1 is 1.21 bits per heavy atom. The van der Waals surface area contributed by atoms with Crippen molar-refractivity contribution < 1.29 is 4.79 Å². The van der Waals surface area contributed by atoms with Crippen LogP contribution < -0.4 is 10.6 Å². The molecule has 0 heterocycles. The van der Waals surface area contributed by atoms with Gasteiger partial charge in [0, 0.05) is 17.9 Å². The van der Waals surface area contributed by atoms with Crippen molar-refractivity contribution in [2.75, 3.05) is 25.9 Å². The molecule has 0 saturated heterocycles. The van der Waals surface area contributed by atoms with Gasteiger partial charge >= 0.3 is 0 Å². The highest BCUT2D eigenvalue weighted by Crippen LogP contribution is 2.12. The van der Waals surface area contributed by atoms with Crippen molar-refractivity contribution in [3.05, 3.63) is 35.4 Å². The summed E-state index contributed by atoms with van der Waals surface area (Å²) in [5.41, 5.74) is 2.01. The Bertz CT molecular complexity index is 357. The van der Waals surface area contributed by atoms with Crippen LogP contribution in [0.15, 0.2) is 24.3 Å². The molecule has 2 N–H and O–H groups in total. The molecule has 1 aromatic carbocycles. The molecule has 0 aromatic heterocycles. The molecule has 1 aromatic rings. The molecular formula is C14H23ClN2OS. The zero-order valence-electron chi connectivity index (χ0n) is 11.6. The first kappa shape index (κ1) is 18.3. The fourth-order valence-electron chi connectivity index (χ4n) is 1.54. The molecule has 0 aliphatic heterocycles. The Morgan fingerprint density at radius 3 is 2.47 bits per heavy atom. The molecule has 0 aliphatic rings. The lowest BCUT2D eigenvalue weighted by Gasteiger charge is -2.06. The summed E-state index contributed by atoms with van der Waals surface area (Å²) in [5, 5.41) is 5.97. The lowest BCUT2D eigenvalue weighted by atomic mass is 10.1. The first-order valence-electron chi connectivity index (χ1n) is 6.37. The van der Waals surface area contributed by atoms with Crippen LogP contribution in [0.1, 0.15) is 29.3 Å². The standard InChI is InChI=1S/C14H22N2OS.ClH/c1-3-18-11-12-5-7-13(8-6-12)14(17)16-10-4-9-15-2;/h5-8,15H,3-4,9-11H2,1-2H3,(H,16,17);1H. The van der Waals surface area contributed by atoms with Crippen molar-refractivity contribution in [3.63, 3.8) is 0 Å². The summed E-state index contributed by atoms with van der Waals surface area (Å²) in [6.07, 6.45) is 0.952. The molecule has 108 valence electrons. The van der Waals surface area contributed by atoms with Crippen LogP contribution in [0.5, 0.6) is 0 Å². The molecule has 0 bridgehead atoms. The largest absolute Gasteiger partial charge is 0.352 e. The molecular weight excluding hydrogens is 280 g/mol. The highest BCUT2D eigenvalue weighted by molar-refractivity contribution is 7.98. The summed E-state index contributed by atoms with van der Waals surface area (Å²) in [6.45, 7) is 3.79. The van der Waals surface area contributed by atoms with E-state index in [0.717, 1.165) is 30.0 Å². The second kappa shape index (κ2) is 11.1. The average Bonchev–Trinajstić information content (AvgIpc) is 2.41. The second-order valence-electron chi connectivity index (χ2n) is 4.05. The van der Waals surface area contributed by atoms with Gasteiger partial charge < -0.3 is 10.6 Å². The number of rotatable bonds is 8. The molecule has 1 amide bonds.